The van der Waals surface area contributed by atoms with Crippen molar-refractivity contribution in [3.05, 3.63) is 143 Å². The second-order valence-electron chi connectivity index (χ2n) is 11.5. The number of pyridine rings is 1. The molecule has 2 unspecified atom stereocenters. The third kappa shape index (κ3) is 3.93. The Kier molecular flexibility index (Phi) is 6.44. The number of para-hydroxylation sites is 1. The van der Waals surface area contributed by atoms with E-state index in [1.807, 2.05) is 12.3 Å². The van der Waals surface area contributed by atoms with Crippen LogP contribution in [-0.4, -0.2) is 10.9 Å². The average molecular weight is 655 g/mol. The van der Waals surface area contributed by atoms with Gasteiger partial charge in [0.15, 0.2) is 0 Å². The summed E-state index contributed by atoms with van der Waals surface area (Å²) in [6.45, 7) is 4.77. The first kappa shape index (κ1) is 26.4. The van der Waals surface area contributed by atoms with Gasteiger partial charge in [0, 0.05) is 0 Å². The number of halogens is 2. The summed E-state index contributed by atoms with van der Waals surface area (Å²) < 4.78 is 0.0877. The first-order valence-electron chi connectivity index (χ1n) is 14.0. The molecule has 5 heteroatoms. The molecule has 1 aromatic heterocycles. The van der Waals surface area contributed by atoms with Gasteiger partial charge in [-0.3, -0.25) is 0 Å². The first-order valence-corrected chi connectivity index (χ1v) is 30.3. The molecule has 5 aromatic rings. The van der Waals surface area contributed by atoms with E-state index in [0.717, 1.165) is 16.5 Å². The van der Waals surface area contributed by atoms with Crippen LogP contribution in [0, 0.1) is 0 Å². The van der Waals surface area contributed by atoms with E-state index < -0.39 is 21.5 Å². The van der Waals surface area contributed by atoms with Crippen molar-refractivity contribution in [3.8, 4) is 11.1 Å². The minimum absolute atomic E-state index is 0.00279. The Morgan fingerprint density at radius 1 is 0.750 bits per heavy atom. The zero-order valence-electron chi connectivity index (χ0n) is 22.6. The van der Waals surface area contributed by atoms with E-state index in [9.17, 15) is 0 Å². The maximum absolute atomic E-state index is 8.35. The Balaban J connectivity index is 1.49. The van der Waals surface area contributed by atoms with Crippen LogP contribution in [0.2, 0.25) is 13.1 Å². The van der Waals surface area contributed by atoms with Crippen LogP contribution in [0.4, 0.5) is 0 Å². The van der Waals surface area contributed by atoms with Gasteiger partial charge in [0.25, 0.3) is 0 Å². The normalized spacial score (nSPS) is 18.8. The number of aromatic nitrogens is 1. The van der Waals surface area contributed by atoms with Crippen LogP contribution < -0.4 is 0 Å². The van der Waals surface area contributed by atoms with E-state index in [1.54, 1.807) is 0 Å². The summed E-state index contributed by atoms with van der Waals surface area (Å²) in [5, 5.41) is 1.14. The van der Waals surface area contributed by atoms with Crippen molar-refractivity contribution in [2.45, 2.75) is 20.3 Å². The molecule has 2 atom stereocenters. The predicted octanol–water partition coefficient (Wildman–Crippen LogP) is 10.2. The number of allylic oxidation sites excluding steroid dienone is 2. The molecule has 0 radical (unpaired) electrons. The molecule has 2 aliphatic rings. The van der Waals surface area contributed by atoms with Gasteiger partial charge < -0.3 is 0 Å². The van der Waals surface area contributed by atoms with Crippen molar-refractivity contribution in [3.63, 3.8) is 0 Å². The number of hydrogen-bond acceptors (Lipinski definition) is 1. The predicted molar refractivity (Wildman–Crippen MR) is 173 cm³/mol. The van der Waals surface area contributed by atoms with Crippen LogP contribution in [-0.2, 0) is 15.6 Å². The van der Waals surface area contributed by atoms with Gasteiger partial charge in [-0.05, 0) is 0 Å². The molecule has 4 aromatic carbocycles. The van der Waals surface area contributed by atoms with E-state index in [4.69, 9.17) is 22.0 Å². The number of rotatable bonds is 5. The molecule has 197 valence electrons. The van der Waals surface area contributed by atoms with Crippen LogP contribution >= 0.6 is 17.0 Å². The van der Waals surface area contributed by atoms with Crippen LogP contribution in [0.25, 0.3) is 39.8 Å². The fourth-order valence-corrected chi connectivity index (χ4v) is 35.7. The van der Waals surface area contributed by atoms with E-state index in [0.29, 0.717) is 0 Å². The Morgan fingerprint density at radius 3 is 2.30 bits per heavy atom. The topological polar surface area (TPSA) is 12.9 Å². The summed E-state index contributed by atoms with van der Waals surface area (Å²) >= 11 is -4.71. The number of nitrogens with zero attached hydrogens (tertiary/aromatic N) is 1. The Hall–Kier alpha value is -2.55. The monoisotopic (exact) mass is 652 g/mol. The summed E-state index contributed by atoms with van der Waals surface area (Å²) in [6.07, 6.45) is 8.97. The Morgan fingerprint density at radius 2 is 1.48 bits per heavy atom. The third-order valence-corrected chi connectivity index (χ3v) is 60.9. The van der Waals surface area contributed by atoms with E-state index in [2.05, 4.69) is 128 Å². The van der Waals surface area contributed by atoms with Gasteiger partial charge in [-0.1, -0.05) is 0 Å². The Bertz CT molecular complexity index is 1840. The van der Waals surface area contributed by atoms with Crippen molar-refractivity contribution in [1.29, 1.82) is 0 Å². The van der Waals surface area contributed by atoms with Crippen molar-refractivity contribution in [2.24, 2.45) is 0 Å². The molecular formula is C35H30Cl2NSiZr. The van der Waals surface area contributed by atoms with Gasteiger partial charge in [-0.15, -0.1) is 0 Å². The molecule has 1 heterocycles. The van der Waals surface area contributed by atoms with E-state index in [1.165, 1.54) is 39.0 Å². The summed E-state index contributed by atoms with van der Waals surface area (Å²) in [5.41, 5.74) is 10.8. The van der Waals surface area contributed by atoms with Crippen LogP contribution in [0.5, 0.6) is 0 Å². The minimum atomic E-state index is -4.71. The van der Waals surface area contributed by atoms with Crippen LogP contribution in [0.3, 0.4) is 0 Å². The fourth-order valence-electron chi connectivity index (χ4n) is 6.95. The molecule has 0 saturated heterocycles. The molecule has 0 saturated carbocycles. The molecule has 40 heavy (non-hydrogen) atoms. The zero-order chi connectivity index (χ0) is 27.5. The molecule has 0 bridgehead atoms. The van der Waals surface area contributed by atoms with Gasteiger partial charge in [-0.25, -0.2) is 0 Å². The molecule has 0 amide bonds. The van der Waals surface area contributed by atoms with Gasteiger partial charge >= 0.3 is 247 Å². The molecule has 1 nitrogen and oxygen atoms in total. The number of fused-ring (bicyclic) bond motifs is 3. The third-order valence-electron chi connectivity index (χ3n) is 9.12. The van der Waals surface area contributed by atoms with Crippen molar-refractivity contribution in [1.82, 2.24) is 4.98 Å². The van der Waals surface area contributed by atoms with E-state index >= 15 is 0 Å². The van der Waals surface area contributed by atoms with Crippen molar-refractivity contribution >= 4 is 51.6 Å². The SMILES string of the molecule is C[SiH](C)[Zr]([Cl])([Cl])([CH]1C=Cc2ccccc21)[CH]1C(c2ccccc2)=Cc2c(-c3cnc4ccccc4c3)cccc21. The summed E-state index contributed by atoms with van der Waals surface area (Å²) in [7, 11) is 16.7. The molecule has 0 spiro atoms. The van der Waals surface area contributed by atoms with Gasteiger partial charge in [0.2, 0.25) is 0 Å². The number of benzene rings is 4. The average Bonchev–Trinajstić information content (AvgIpc) is 3.61. The summed E-state index contributed by atoms with van der Waals surface area (Å²) in [5.74, 6) is -1.59. The quantitative estimate of drug-likeness (QED) is 0.172. The molecular weight excluding hydrogens is 625 g/mol. The van der Waals surface area contributed by atoms with Gasteiger partial charge in [-0.2, -0.15) is 0 Å². The van der Waals surface area contributed by atoms with Crippen LogP contribution in [0.15, 0.2) is 115 Å². The second-order valence-corrected chi connectivity index (χ2v) is 54.1. The fraction of sp³-hybridized carbons (Fsp3) is 0.114. The van der Waals surface area contributed by atoms with E-state index in [-0.39, 0.29) is 7.25 Å². The zero-order valence-corrected chi connectivity index (χ0v) is 27.7. The van der Waals surface area contributed by atoms with Crippen LogP contribution in [0.1, 0.15) is 35.1 Å². The molecule has 2 aliphatic carbocycles. The maximum atomic E-state index is 8.35. The summed E-state index contributed by atoms with van der Waals surface area (Å²) in [4.78, 5) is 4.80. The molecule has 0 aliphatic heterocycles. The summed E-state index contributed by atoms with van der Waals surface area (Å²) in [6, 6.07) is 36.6. The van der Waals surface area contributed by atoms with Gasteiger partial charge in [0.05, 0.1) is 0 Å². The number of hydrogen-bond donors (Lipinski definition) is 0. The first-order chi connectivity index (χ1) is 19.4. The van der Waals surface area contributed by atoms with Crippen molar-refractivity contribution < 1.29 is 15.6 Å². The van der Waals surface area contributed by atoms with Gasteiger partial charge in [0.1, 0.15) is 0 Å². The van der Waals surface area contributed by atoms with Crippen molar-refractivity contribution in [2.75, 3.05) is 0 Å². The molecule has 7 rings (SSSR count). The standard InChI is InChI=1S/C24H16N.C9H7.C2H7Si.2ClH.Zr/c1-2-7-17(8-3-1)20-13-18-10-6-11-22(23(18)15-20)21-14-19-9-4-5-12-24(19)25-16-21;1-2-5-9-7-3-6-8(9)4-1;1-3-2;;;/h1-16H;1-7H;3H,1-2H3;2*1H;/q;;;;;+2/p-2. The molecule has 0 fully saturated rings. The molecule has 0 N–H and O–H groups in total. The second kappa shape index (κ2) is 9.78. The Labute approximate surface area is 245 Å².